The van der Waals surface area contributed by atoms with Gasteiger partial charge < -0.3 is 19.8 Å². The zero-order valence-corrected chi connectivity index (χ0v) is 14.3. The van der Waals surface area contributed by atoms with Gasteiger partial charge >= 0.3 is 0 Å². The summed E-state index contributed by atoms with van der Waals surface area (Å²) in [7, 11) is 1.50. The van der Waals surface area contributed by atoms with E-state index in [2.05, 4.69) is 15.6 Å². The van der Waals surface area contributed by atoms with Crippen molar-refractivity contribution in [3.8, 4) is 5.75 Å². The van der Waals surface area contributed by atoms with Crippen LogP contribution in [0.15, 0.2) is 53.0 Å². The molecule has 0 saturated heterocycles. The molecule has 7 heteroatoms. The van der Waals surface area contributed by atoms with Crippen molar-refractivity contribution < 1.29 is 18.7 Å². The summed E-state index contributed by atoms with van der Waals surface area (Å²) in [6, 6.07) is 12.3. The number of aromatic nitrogens is 1. The molecule has 2 N–H and O–H groups in total. The van der Waals surface area contributed by atoms with Crippen LogP contribution >= 0.6 is 0 Å². The number of carbonyl (C=O) groups excluding carboxylic acids is 2. The molecule has 0 aliphatic heterocycles. The topological polar surface area (TPSA) is 93.5 Å². The summed E-state index contributed by atoms with van der Waals surface area (Å²) < 4.78 is 10.8. The average Bonchev–Trinajstić information content (AvgIpc) is 3.03. The van der Waals surface area contributed by atoms with Gasteiger partial charge in [0.15, 0.2) is 5.58 Å². The van der Waals surface area contributed by atoms with Crippen molar-refractivity contribution in [2.24, 2.45) is 0 Å². The monoisotopic (exact) mass is 351 g/mol. The van der Waals surface area contributed by atoms with Gasteiger partial charge in [-0.1, -0.05) is 12.1 Å². The molecule has 3 rings (SSSR count). The van der Waals surface area contributed by atoms with Crippen LogP contribution in [-0.4, -0.2) is 23.9 Å². The summed E-state index contributed by atoms with van der Waals surface area (Å²) in [4.78, 5) is 27.6. The van der Waals surface area contributed by atoms with E-state index in [9.17, 15) is 9.59 Å². The van der Waals surface area contributed by atoms with Crippen LogP contribution in [0.25, 0.3) is 17.2 Å². The highest BCUT2D eigenvalue weighted by atomic mass is 16.5. The molecule has 2 aromatic carbocycles. The molecule has 0 unspecified atom stereocenters. The molecule has 0 radical (unpaired) electrons. The number of methoxy groups -OCH3 is 1. The van der Waals surface area contributed by atoms with Crippen LogP contribution in [0.3, 0.4) is 0 Å². The molecular weight excluding hydrogens is 334 g/mol. The second-order valence-electron chi connectivity index (χ2n) is 5.44. The Labute approximate surface area is 149 Å². The Kier molecular flexibility index (Phi) is 4.98. The Bertz CT molecular complexity index is 958. The lowest BCUT2D eigenvalue weighted by molar-refractivity contribution is -0.114. The lowest BCUT2D eigenvalue weighted by Crippen LogP contribution is -2.10. The standard InChI is InChI=1S/C19H17N3O4/c1-12(23)20-13-7-8-16(25-2)15(11-13)21-18(24)9-10-19-22-14-5-3-4-6-17(14)26-19/h3-11H,1-2H3,(H,20,23)(H,21,24)/b10-9+. The molecular formula is C19H17N3O4. The number of ether oxygens (including phenoxy) is 1. The van der Waals surface area contributed by atoms with Crippen LogP contribution in [0.2, 0.25) is 0 Å². The summed E-state index contributed by atoms with van der Waals surface area (Å²) in [5.41, 5.74) is 2.36. The van der Waals surface area contributed by atoms with E-state index in [1.807, 2.05) is 18.2 Å². The molecule has 0 atom stereocenters. The SMILES string of the molecule is COc1ccc(NC(C)=O)cc1NC(=O)/C=C/c1nc2ccccc2o1. The molecule has 1 aromatic heterocycles. The van der Waals surface area contributed by atoms with Gasteiger partial charge in [0.2, 0.25) is 17.7 Å². The maximum atomic E-state index is 12.2. The largest absolute Gasteiger partial charge is 0.495 e. The van der Waals surface area contributed by atoms with Crippen molar-refractivity contribution in [2.75, 3.05) is 17.7 Å². The quantitative estimate of drug-likeness (QED) is 0.687. The van der Waals surface area contributed by atoms with Crippen LogP contribution in [0.5, 0.6) is 5.75 Å². The molecule has 0 saturated carbocycles. The molecule has 0 spiro atoms. The first-order valence-electron chi connectivity index (χ1n) is 7.85. The molecule has 0 aliphatic carbocycles. The lowest BCUT2D eigenvalue weighted by atomic mass is 10.2. The van der Waals surface area contributed by atoms with E-state index in [4.69, 9.17) is 9.15 Å². The van der Waals surface area contributed by atoms with Gasteiger partial charge in [0.05, 0.1) is 12.8 Å². The second-order valence-corrected chi connectivity index (χ2v) is 5.44. The van der Waals surface area contributed by atoms with E-state index in [0.29, 0.717) is 28.6 Å². The Hall–Kier alpha value is -3.61. The number of amides is 2. The van der Waals surface area contributed by atoms with Gasteiger partial charge in [-0.3, -0.25) is 9.59 Å². The first-order chi connectivity index (χ1) is 12.5. The number of nitrogens with one attached hydrogen (secondary N) is 2. The molecule has 0 bridgehead atoms. The van der Waals surface area contributed by atoms with E-state index in [-0.39, 0.29) is 11.8 Å². The number of nitrogens with zero attached hydrogens (tertiary/aromatic N) is 1. The Balaban J connectivity index is 1.75. The van der Waals surface area contributed by atoms with Gasteiger partial charge in [-0.15, -0.1) is 0 Å². The maximum Gasteiger partial charge on any atom is 0.248 e. The summed E-state index contributed by atoms with van der Waals surface area (Å²) >= 11 is 0. The normalized spacial score (nSPS) is 10.8. The van der Waals surface area contributed by atoms with Gasteiger partial charge in [-0.05, 0) is 30.3 Å². The van der Waals surface area contributed by atoms with E-state index in [1.54, 1.807) is 24.3 Å². The van der Waals surface area contributed by atoms with Crippen LogP contribution in [0.1, 0.15) is 12.8 Å². The molecule has 1 heterocycles. The summed E-state index contributed by atoms with van der Waals surface area (Å²) in [6.45, 7) is 1.41. The second kappa shape index (κ2) is 7.52. The third-order valence-corrected chi connectivity index (χ3v) is 3.47. The summed E-state index contributed by atoms with van der Waals surface area (Å²) in [5, 5.41) is 5.36. The van der Waals surface area contributed by atoms with Gasteiger partial charge in [0.1, 0.15) is 11.3 Å². The Morgan fingerprint density at radius 2 is 1.96 bits per heavy atom. The number of oxazole rings is 1. The van der Waals surface area contributed by atoms with Crippen molar-refractivity contribution in [1.29, 1.82) is 0 Å². The fourth-order valence-corrected chi connectivity index (χ4v) is 2.37. The van der Waals surface area contributed by atoms with Crippen LogP contribution in [0.4, 0.5) is 11.4 Å². The Morgan fingerprint density at radius 3 is 2.69 bits per heavy atom. The molecule has 0 fully saturated rings. The van der Waals surface area contributed by atoms with Gasteiger partial charge in [0, 0.05) is 24.8 Å². The van der Waals surface area contributed by atoms with E-state index in [1.165, 1.54) is 26.2 Å². The van der Waals surface area contributed by atoms with Crippen LogP contribution < -0.4 is 15.4 Å². The third kappa shape index (κ3) is 4.07. The molecule has 3 aromatic rings. The number of rotatable bonds is 5. The summed E-state index contributed by atoms with van der Waals surface area (Å²) in [5.74, 6) is 0.219. The average molecular weight is 351 g/mol. The lowest BCUT2D eigenvalue weighted by Gasteiger charge is -2.11. The number of para-hydroxylation sites is 2. The Morgan fingerprint density at radius 1 is 1.15 bits per heavy atom. The zero-order chi connectivity index (χ0) is 18.5. The van der Waals surface area contributed by atoms with E-state index in [0.717, 1.165) is 5.52 Å². The minimum absolute atomic E-state index is 0.205. The number of benzene rings is 2. The van der Waals surface area contributed by atoms with Crippen LogP contribution in [-0.2, 0) is 9.59 Å². The molecule has 0 aliphatic rings. The number of hydrogen-bond acceptors (Lipinski definition) is 5. The fraction of sp³-hybridized carbons (Fsp3) is 0.105. The first kappa shape index (κ1) is 17.2. The van der Waals surface area contributed by atoms with Crippen molar-refractivity contribution in [1.82, 2.24) is 4.98 Å². The number of carbonyl (C=O) groups is 2. The predicted molar refractivity (Wildman–Crippen MR) is 99.0 cm³/mol. The highest BCUT2D eigenvalue weighted by Crippen LogP contribution is 2.28. The van der Waals surface area contributed by atoms with Crippen molar-refractivity contribution in [2.45, 2.75) is 6.92 Å². The van der Waals surface area contributed by atoms with Crippen molar-refractivity contribution in [3.63, 3.8) is 0 Å². The smallest absolute Gasteiger partial charge is 0.248 e. The van der Waals surface area contributed by atoms with Crippen LogP contribution in [0, 0.1) is 0 Å². The van der Waals surface area contributed by atoms with Gasteiger partial charge in [0.25, 0.3) is 0 Å². The van der Waals surface area contributed by atoms with Gasteiger partial charge in [-0.2, -0.15) is 0 Å². The first-order valence-corrected chi connectivity index (χ1v) is 7.85. The third-order valence-electron chi connectivity index (χ3n) is 3.47. The molecule has 2 amide bonds. The molecule has 7 nitrogen and oxygen atoms in total. The molecule has 26 heavy (non-hydrogen) atoms. The van der Waals surface area contributed by atoms with Crippen molar-refractivity contribution >= 4 is 40.4 Å². The predicted octanol–water partition coefficient (Wildman–Crippen LogP) is 3.45. The fourth-order valence-electron chi connectivity index (χ4n) is 2.37. The number of hydrogen-bond donors (Lipinski definition) is 2. The zero-order valence-electron chi connectivity index (χ0n) is 14.3. The van der Waals surface area contributed by atoms with E-state index < -0.39 is 0 Å². The highest BCUT2D eigenvalue weighted by Gasteiger charge is 2.08. The minimum atomic E-state index is -0.384. The summed E-state index contributed by atoms with van der Waals surface area (Å²) in [6.07, 6.45) is 2.80. The molecule has 132 valence electrons. The number of fused-ring (bicyclic) bond motifs is 1. The highest BCUT2D eigenvalue weighted by molar-refractivity contribution is 6.03. The minimum Gasteiger partial charge on any atom is -0.495 e. The maximum absolute atomic E-state index is 12.2. The number of anilines is 2. The van der Waals surface area contributed by atoms with Gasteiger partial charge in [-0.25, -0.2) is 4.98 Å². The van der Waals surface area contributed by atoms with E-state index >= 15 is 0 Å². The van der Waals surface area contributed by atoms with Crippen molar-refractivity contribution in [3.05, 3.63) is 54.4 Å².